The van der Waals surface area contributed by atoms with Gasteiger partial charge < -0.3 is 15.7 Å². The van der Waals surface area contributed by atoms with E-state index in [2.05, 4.69) is 22.2 Å². The predicted molar refractivity (Wildman–Crippen MR) is 161 cm³/mol. The van der Waals surface area contributed by atoms with Crippen LogP contribution in [-0.4, -0.2) is 57.0 Å². The topological polar surface area (TPSA) is 125 Å². The zero-order chi connectivity index (χ0) is 32.1. The molecule has 2 unspecified atom stereocenters. The van der Waals surface area contributed by atoms with Gasteiger partial charge in [-0.15, -0.1) is 11.3 Å². The number of carbonyl (C=O) groups is 3. The van der Waals surface area contributed by atoms with Crippen molar-refractivity contribution in [2.75, 3.05) is 18.4 Å². The van der Waals surface area contributed by atoms with Crippen molar-refractivity contribution in [3.8, 4) is 11.3 Å². The molecule has 2 saturated heterocycles. The number of anilines is 1. The normalized spacial score (nSPS) is 21.1. The van der Waals surface area contributed by atoms with E-state index in [-0.39, 0.29) is 47.4 Å². The summed E-state index contributed by atoms with van der Waals surface area (Å²) in [6.07, 6.45) is -1.25. The standard InChI is InChI=1S/C28H31N5O3S.C3H3F3O/c1-14-11-15(2)31-23(22(14)32-25(34)16-5-8-29-9-6-16)18-7-10-30-19-12-17(37-24(18)19)13-33-26(35)20-21(27(33)36)28(20,3)4;1-2(7)3(4,5)6/h7,10-12,16,20-21,29H,5-6,8-9,13H2,1-4H3,(H,32,34);7H,1H2. The lowest BCUT2D eigenvalue weighted by atomic mass is 9.96. The number of pyridine rings is 2. The molecule has 3 aliphatic rings. The van der Waals surface area contributed by atoms with Gasteiger partial charge in [0.15, 0.2) is 5.76 Å². The summed E-state index contributed by atoms with van der Waals surface area (Å²) in [5, 5.41) is 14.1. The molecule has 9 nitrogen and oxygen atoms in total. The lowest BCUT2D eigenvalue weighted by Gasteiger charge is -2.23. The average molecular weight is 630 g/mol. The number of hydrogen-bond donors (Lipinski definition) is 3. The third kappa shape index (κ3) is 5.94. The first-order valence-corrected chi connectivity index (χ1v) is 15.1. The summed E-state index contributed by atoms with van der Waals surface area (Å²) in [7, 11) is 0. The number of aryl methyl sites for hydroxylation is 2. The summed E-state index contributed by atoms with van der Waals surface area (Å²) >= 11 is 1.52. The highest BCUT2D eigenvalue weighted by molar-refractivity contribution is 7.19. The van der Waals surface area contributed by atoms with Gasteiger partial charge in [0.2, 0.25) is 17.7 Å². The lowest BCUT2D eigenvalue weighted by Crippen LogP contribution is -2.35. The fourth-order valence-corrected chi connectivity index (χ4v) is 7.18. The van der Waals surface area contributed by atoms with Gasteiger partial charge in [-0.25, -0.2) is 0 Å². The number of piperidine rings is 2. The van der Waals surface area contributed by atoms with Crippen molar-refractivity contribution in [2.24, 2.45) is 23.2 Å². The quantitative estimate of drug-likeness (QED) is 0.245. The molecule has 3 N–H and O–H groups in total. The van der Waals surface area contributed by atoms with Gasteiger partial charge in [0.1, 0.15) is 0 Å². The second kappa shape index (κ2) is 11.6. The van der Waals surface area contributed by atoms with Crippen molar-refractivity contribution in [3.63, 3.8) is 0 Å². The van der Waals surface area contributed by atoms with Crippen LogP contribution in [0.1, 0.15) is 42.8 Å². The highest BCUT2D eigenvalue weighted by Crippen LogP contribution is 2.63. The number of thiophene rings is 1. The third-order valence-electron chi connectivity index (χ3n) is 8.55. The molecule has 13 heteroatoms. The Balaban J connectivity index is 0.000000493. The molecule has 5 heterocycles. The number of fused-ring (bicyclic) bond motifs is 2. The molecule has 3 aromatic heterocycles. The molecule has 3 amide bonds. The maximum absolute atomic E-state index is 13.1. The zero-order valence-electron chi connectivity index (χ0n) is 24.8. The van der Waals surface area contributed by atoms with Gasteiger partial charge in [-0.2, -0.15) is 13.2 Å². The van der Waals surface area contributed by atoms with Crippen molar-refractivity contribution in [2.45, 2.75) is 53.3 Å². The molecular formula is C31H34F3N5O4S. The number of halogens is 3. The molecule has 2 aliphatic heterocycles. The molecule has 0 spiro atoms. The second-order valence-corrected chi connectivity index (χ2v) is 13.2. The Kier molecular flexibility index (Phi) is 8.31. The fourth-order valence-electron chi connectivity index (χ4n) is 6.07. The van der Waals surface area contributed by atoms with E-state index in [9.17, 15) is 27.6 Å². The Labute approximate surface area is 256 Å². The zero-order valence-corrected chi connectivity index (χ0v) is 25.7. The van der Waals surface area contributed by atoms with E-state index in [1.165, 1.54) is 16.2 Å². The van der Waals surface area contributed by atoms with E-state index in [1.54, 1.807) is 6.20 Å². The molecule has 3 fully saturated rings. The number of aromatic nitrogens is 2. The number of alkyl halides is 3. The van der Waals surface area contributed by atoms with Crippen LogP contribution < -0.4 is 10.6 Å². The van der Waals surface area contributed by atoms with Gasteiger partial charge in [-0.1, -0.05) is 20.4 Å². The van der Waals surface area contributed by atoms with Crippen molar-refractivity contribution in [3.05, 3.63) is 52.9 Å². The summed E-state index contributed by atoms with van der Waals surface area (Å²) in [6.45, 7) is 12.1. The summed E-state index contributed by atoms with van der Waals surface area (Å²) in [6, 6.07) is 5.86. The lowest BCUT2D eigenvalue weighted by molar-refractivity contribution is -0.143. The molecule has 44 heavy (non-hydrogen) atoms. The summed E-state index contributed by atoms with van der Waals surface area (Å²) < 4.78 is 33.4. The number of carbonyl (C=O) groups excluding carboxylic acids is 3. The van der Waals surface area contributed by atoms with Gasteiger partial charge >= 0.3 is 6.18 Å². The summed E-state index contributed by atoms with van der Waals surface area (Å²) in [5.74, 6) is -2.25. The highest BCUT2D eigenvalue weighted by Gasteiger charge is 2.72. The second-order valence-electron chi connectivity index (χ2n) is 12.1. The van der Waals surface area contributed by atoms with Crippen LogP contribution in [0.3, 0.4) is 0 Å². The summed E-state index contributed by atoms with van der Waals surface area (Å²) in [5.41, 5.74) is 4.73. The van der Waals surface area contributed by atoms with E-state index in [0.717, 1.165) is 69.2 Å². The molecule has 0 radical (unpaired) electrons. The Morgan fingerprint density at radius 2 is 1.80 bits per heavy atom. The van der Waals surface area contributed by atoms with E-state index < -0.39 is 11.9 Å². The van der Waals surface area contributed by atoms with Crippen LogP contribution in [0.2, 0.25) is 0 Å². The van der Waals surface area contributed by atoms with Gasteiger partial charge in [0, 0.05) is 28.2 Å². The van der Waals surface area contributed by atoms with Crippen LogP contribution in [0.15, 0.2) is 36.7 Å². The molecule has 2 atom stereocenters. The molecule has 234 valence electrons. The molecule has 1 aliphatic carbocycles. The predicted octanol–water partition coefficient (Wildman–Crippen LogP) is 5.67. The largest absolute Gasteiger partial charge is 0.505 e. The maximum Gasteiger partial charge on any atom is 0.448 e. The summed E-state index contributed by atoms with van der Waals surface area (Å²) in [4.78, 5) is 50.6. The van der Waals surface area contributed by atoms with Crippen molar-refractivity contribution >= 4 is 45.0 Å². The number of nitrogens with one attached hydrogen (secondary N) is 2. The Hall–Kier alpha value is -3.84. The molecule has 1 saturated carbocycles. The number of aliphatic hydroxyl groups excluding tert-OH is 1. The minimum atomic E-state index is -4.64. The number of rotatable bonds is 5. The molecule has 6 rings (SSSR count). The smallest absolute Gasteiger partial charge is 0.448 e. The van der Waals surface area contributed by atoms with E-state index in [1.807, 2.05) is 45.9 Å². The maximum atomic E-state index is 13.1. The van der Waals surface area contributed by atoms with Crippen LogP contribution in [0.4, 0.5) is 18.9 Å². The van der Waals surface area contributed by atoms with Gasteiger partial charge in [-0.3, -0.25) is 29.3 Å². The number of likely N-dealkylation sites (tertiary alicyclic amines) is 1. The van der Waals surface area contributed by atoms with Crippen LogP contribution >= 0.6 is 11.3 Å². The number of nitrogens with zero attached hydrogens (tertiary/aromatic N) is 3. The van der Waals surface area contributed by atoms with Gasteiger partial charge in [0.25, 0.3) is 0 Å². The number of hydrogen-bond acceptors (Lipinski definition) is 8. The van der Waals surface area contributed by atoms with Crippen molar-refractivity contribution < 1.29 is 32.7 Å². The van der Waals surface area contributed by atoms with Crippen LogP contribution in [0, 0.1) is 37.0 Å². The molecule has 0 aromatic carbocycles. The highest BCUT2D eigenvalue weighted by atomic mass is 32.1. The minimum absolute atomic E-state index is 0.0210. The van der Waals surface area contributed by atoms with E-state index in [0.29, 0.717) is 0 Å². The van der Waals surface area contributed by atoms with Gasteiger partial charge in [-0.05, 0) is 69.0 Å². The first kappa shape index (κ1) is 31.6. The Bertz CT molecular complexity index is 1640. The van der Waals surface area contributed by atoms with Crippen molar-refractivity contribution in [1.29, 1.82) is 0 Å². The molecule has 0 bridgehead atoms. The van der Waals surface area contributed by atoms with Crippen LogP contribution in [0.5, 0.6) is 0 Å². The molecule has 3 aromatic rings. The first-order chi connectivity index (χ1) is 20.6. The number of aliphatic hydroxyl groups is 1. The molecular weight excluding hydrogens is 595 g/mol. The van der Waals surface area contributed by atoms with E-state index in [4.69, 9.17) is 10.1 Å². The van der Waals surface area contributed by atoms with Crippen LogP contribution in [-0.2, 0) is 20.9 Å². The minimum Gasteiger partial charge on any atom is -0.505 e. The van der Waals surface area contributed by atoms with Gasteiger partial charge in [0.05, 0.1) is 40.0 Å². The fraction of sp³-hybridized carbons (Fsp3) is 0.452. The third-order valence-corrected chi connectivity index (χ3v) is 9.70. The number of amides is 3. The SMILES string of the molecule is C=C(O)C(F)(F)F.Cc1cc(C)c(NC(=O)C2CCNCC2)c(-c2ccnc3cc(CN4C(=O)C5C(C4=O)C5(C)C)sc23)n1. The monoisotopic (exact) mass is 629 g/mol. The first-order valence-electron chi connectivity index (χ1n) is 14.3. The number of allylic oxidation sites excluding steroid dienone is 1. The van der Waals surface area contributed by atoms with Crippen LogP contribution in [0.25, 0.3) is 21.5 Å². The average Bonchev–Trinajstić information content (AvgIpc) is 3.19. The Morgan fingerprint density at radius 1 is 1.18 bits per heavy atom. The number of imide groups is 1. The Morgan fingerprint density at radius 3 is 2.39 bits per heavy atom. The van der Waals surface area contributed by atoms with Crippen molar-refractivity contribution in [1.82, 2.24) is 20.2 Å². The van der Waals surface area contributed by atoms with E-state index >= 15 is 0 Å².